The van der Waals surface area contributed by atoms with Gasteiger partial charge < -0.3 is 10.1 Å². The quantitative estimate of drug-likeness (QED) is 0.791. The van der Waals surface area contributed by atoms with Crippen LogP contribution in [0.25, 0.3) is 0 Å². The lowest BCUT2D eigenvalue weighted by Gasteiger charge is -2.34. The van der Waals surface area contributed by atoms with Crippen LogP contribution in [0.15, 0.2) is 29.2 Å². The van der Waals surface area contributed by atoms with Crippen molar-refractivity contribution in [3.05, 3.63) is 24.3 Å². The second kappa shape index (κ2) is 6.40. The lowest BCUT2D eigenvalue weighted by Crippen LogP contribution is -2.48. The third kappa shape index (κ3) is 2.96. The Balaban J connectivity index is 1.69. The van der Waals surface area contributed by atoms with Crippen molar-refractivity contribution in [2.75, 3.05) is 26.7 Å². The Kier molecular flexibility index (Phi) is 4.46. The van der Waals surface area contributed by atoms with Crippen LogP contribution < -0.4 is 10.1 Å². The van der Waals surface area contributed by atoms with Crippen molar-refractivity contribution in [1.29, 1.82) is 0 Å². The van der Waals surface area contributed by atoms with Gasteiger partial charge in [-0.3, -0.25) is 9.69 Å². The van der Waals surface area contributed by atoms with Gasteiger partial charge in [0.1, 0.15) is 5.75 Å². The molecule has 8 nitrogen and oxygen atoms in total. The van der Waals surface area contributed by atoms with Gasteiger partial charge in [0, 0.05) is 19.1 Å². The predicted octanol–water partition coefficient (Wildman–Crippen LogP) is 0.400. The summed E-state index contributed by atoms with van der Waals surface area (Å²) in [6.45, 7) is 0.565. The molecule has 0 atom stereocenters. The fourth-order valence-corrected chi connectivity index (χ4v) is 4.51. The zero-order valence-electron chi connectivity index (χ0n) is 13.3. The molecule has 1 aromatic rings. The predicted molar refractivity (Wildman–Crippen MR) is 85.0 cm³/mol. The van der Waals surface area contributed by atoms with Crippen LogP contribution in [-0.4, -0.2) is 62.3 Å². The zero-order valence-corrected chi connectivity index (χ0v) is 14.1. The number of ether oxygens (including phenoxy) is 1. The molecule has 0 saturated carbocycles. The number of piperidine rings is 1. The van der Waals surface area contributed by atoms with Gasteiger partial charge in [0.15, 0.2) is 0 Å². The topological polar surface area (TPSA) is 96.0 Å². The lowest BCUT2D eigenvalue weighted by atomic mass is 10.1. The van der Waals surface area contributed by atoms with Crippen LogP contribution in [0.2, 0.25) is 0 Å². The Morgan fingerprint density at radius 3 is 2.25 bits per heavy atom. The van der Waals surface area contributed by atoms with Gasteiger partial charge in [-0.1, -0.05) is 0 Å². The largest absolute Gasteiger partial charge is 0.497 e. The maximum Gasteiger partial charge on any atom is 0.324 e. The van der Waals surface area contributed by atoms with Gasteiger partial charge in [0.25, 0.3) is 0 Å². The Labute approximate surface area is 140 Å². The molecule has 2 heterocycles. The van der Waals surface area contributed by atoms with E-state index in [1.165, 1.54) is 28.4 Å². The van der Waals surface area contributed by atoms with Gasteiger partial charge in [0.2, 0.25) is 15.9 Å². The Hall–Kier alpha value is -2.13. The van der Waals surface area contributed by atoms with Crippen molar-refractivity contribution < 1.29 is 22.7 Å². The molecule has 3 amide bonds. The van der Waals surface area contributed by atoms with Crippen molar-refractivity contribution in [3.8, 4) is 5.75 Å². The van der Waals surface area contributed by atoms with Gasteiger partial charge in [0.05, 0.1) is 18.6 Å². The average Bonchev–Trinajstić information content (AvgIpc) is 2.93. The van der Waals surface area contributed by atoms with Gasteiger partial charge in [-0.15, -0.1) is 0 Å². The van der Waals surface area contributed by atoms with E-state index in [4.69, 9.17) is 4.74 Å². The third-order valence-corrected chi connectivity index (χ3v) is 6.28. The molecule has 24 heavy (non-hydrogen) atoms. The summed E-state index contributed by atoms with van der Waals surface area (Å²) in [5, 5.41) is 2.49. The smallest absolute Gasteiger partial charge is 0.324 e. The molecule has 9 heteroatoms. The average molecular weight is 353 g/mol. The van der Waals surface area contributed by atoms with Gasteiger partial charge in [-0.2, -0.15) is 4.31 Å². The number of sulfonamides is 1. The van der Waals surface area contributed by atoms with Crippen molar-refractivity contribution in [3.63, 3.8) is 0 Å². The lowest BCUT2D eigenvalue weighted by molar-refractivity contribution is -0.127. The number of amides is 3. The van der Waals surface area contributed by atoms with E-state index in [2.05, 4.69) is 5.32 Å². The molecule has 0 aromatic heterocycles. The van der Waals surface area contributed by atoms with Gasteiger partial charge in [-0.05, 0) is 37.1 Å². The minimum Gasteiger partial charge on any atom is -0.497 e. The number of carbonyl (C=O) groups is 2. The Morgan fingerprint density at radius 1 is 1.12 bits per heavy atom. The molecule has 2 aliphatic heterocycles. The first-order valence-electron chi connectivity index (χ1n) is 7.67. The number of rotatable bonds is 4. The summed E-state index contributed by atoms with van der Waals surface area (Å²) in [7, 11) is -2.07. The molecule has 3 rings (SSSR count). The Bertz CT molecular complexity index is 723. The second-order valence-corrected chi connectivity index (χ2v) is 7.67. The molecule has 0 bridgehead atoms. The maximum absolute atomic E-state index is 12.7. The number of nitrogens with zero attached hydrogens (tertiary/aromatic N) is 2. The van der Waals surface area contributed by atoms with Crippen LogP contribution in [0.1, 0.15) is 12.8 Å². The van der Waals surface area contributed by atoms with E-state index in [9.17, 15) is 18.0 Å². The van der Waals surface area contributed by atoms with Gasteiger partial charge in [-0.25, -0.2) is 13.2 Å². The molecule has 0 unspecified atom stereocenters. The first-order chi connectivity index (χ1) is 11.4. The van der Waals surface area contributed by atoms with Crippen molar-refractivity contribution in [2.24, 2.45) is 0 Å². The Morgan fingerprint density at radius 2 is 1.75 bits per heavy atom. The number of hydrogen-bond donors (Lipinski definition) is 1. The van der Waals surface area contributed by atoms with E-state index in [0.717, 1.165) is 0 Å². The first-order valence-corrected chi connectivity index (χ1v) is 9.11. The van der Waals surface area contributed by atoms with E-state index >= 15 is 0 Å². The van der Waals surface area contributed by atoms with Crippen LogP contribution >= 0.6 is 0 Å². The minimum atomic E-state index is -3.59. The summed E-state index contributed by atoms with van der Waals surface area (Å²) in [4.78, 5) is 24.9. The normalized spacial score (nSPS) is 20.3. The highest BCUT2D eigenvalue weighted by Crippen LogP contribution is 2.25. The van der Waals surface area contributed by atoms with E-state index in [-0.39, 0.29) is 36.5 Å². The van der Waals surface area contributed by atoms with Crippen LogP contribution in [-0.2, 0) is 14.8 Å². The number of hydrogen-bond acceptors (Lipinski definition) is 5. The van der Waals surface area contributed by atoms with Crippen molar-refractivity contribution >= 4 is 22.0 Å². The number of carbonyl (C=O) groups excluding carboxylic acids is 2. The molecule has 0 radical (unpaired) electrons. The van der Waals surface area contributed by atoms with Crippen LogP contribution in [0.5, 0.6) is 5.75 Å². The molecule has 0 spiro atoms. The molecule has 1 aromatic carbocycles. The fourth-order valence-electron chi connectivity index (χ4n) is 3.04. The highest BCUT2D eigenvalue weighted by Gasteiger charge is 2.38. The molecule has 1 N–H and O–H groups in total. The molecular weight excluding hydrogens is 334 g/mol. The molecule has 2 saturated heterocycles. The zero-order chi connectivity index (χ0) is 17.3. The molecule has 130 valence electrons. The van der Waals surface area contributed by atoms with Gasteiger partial charge >= 0.3 is 6.03 Å². The summed E-state index contributed by atoms with van der Waals surface area (Å²) < 4.78 is 31.8. The summed E-state index contributed by atoms with van der Waals surface area (Å²) in [6, 6.07) is 5.59. The van der Waals surface area contributed by atoms with Crippen LogP contribution in [0.3, 0.4) is 0 Å². The number of imide groups is 1. The minimum absolute atomic E-state index is 0.0171. The summed E-state index contributed by atoms with van der Waals surface area (Å²) in [6.07, 6.45) is 0.878. The van der Waals surface area contributed by atoms with Crippen LogP contribution in [0.4, 0.5) is 4.79 Å². The number of nitrogens with one attached hydrogen (secondary N) is 1. The number of urea groups is 1. The summed E-state index contributed by atoms with van der Waals surface area (Å²) in [5.74, 6) is 0.336. The maximum atomic E-state index is 12.7. The monoisotopic (exact) mass is 353 g/mol. The van der Waals surface area contributed by atoms with Crippen molar-refractivity contribution in [2.45, 2.75) is 23.8 Å². The molecule has 0 aliphatic carbocycles. The third-order valence-electron chi connectivity index (χ3n) is 4.36. The standard InChI is InChI=1S/C15H19N3O5S/c1-23-12-2-4-13(5-3-12)24(21,22)17-8-6-11(7-9-17)18-14(19)10-16-15(18)20/h2-5,11H,6-10H2,1H3,(H,16,20). The second-order valence-electron chi connectivity index (χ2n) is 5.73. The summed E-state index contributed by atoms with van der Waals surface area (Å²) >= 11 is 0. The van der Waals surface area contributed by atoms with Crippen molar-refractivity contribution in [1.82, 2.24) is 14.5 Å². The highest BCUT2D eigenvalue weighted by molar-refractivity contribution is 7.89. The number of methoxy groups -OCH3 is 1. The van der Waals surface area contributed by atoms with E-state index in [0.29, 0.717) is 18.6 Å². The van der Waals surface area contributed by atoms with E-state index in [1.54, 1.807) is 12.1 Å². The SMILES string of the molecule is COc1ccc(S(=O)(=O)N2CCC(N3C(=O)CNC3=O)CC2)cc1. The molecular formula is C15H19N3O5S. The van der Waals surface area contributed by atoms with Crippen LogP contribution in [0, 0.1) is 0 Å². The number of benzene rings is 1. The first kappa shape index (κ1) is 16.7. The van der Waals surface area contributed by atoms with E-state index in [1.807, 2.05) is 0 Å². The fraction of sp³-hybridized carbons (Fsp3) is 0.467. The summed E-state index contributed by atoms with van der Waals surface area (Å²) in [5.41, 5.74) is 0. The molecule has 2 fully saturated rings. The van der Waals surface area contributed by atoms with E-state index < -0.39 is 16.1 Å². The highest BCUT2D eigenvalue weighted by atomic mass is 32.2. The molecule has 2 aliphatic rings.